The van der Waals surface area contributed by atoms with E-state index in [9.17, 15) is 4.79 Å². The number of fused-ring (bicyclic) bond motifs is 1. The van der Waals surface area contributed by atoms with Crippen molar-refractivity contribution in [1.29, 1.82) is 0 Å². The van der Waals surface area contributed by atoms with Crippen LogP contribution in [0.25, 0.3) is 6.08 Å². The average molecular weight is 217 g/mol. The molecule has 0 amide bonds. The van der Waals surface area contributed by atoms with Crippen LogP contribution in [0.5, 0.6) is 5.75 Å². The third kappa shape index (κ3) is 2.63. The first-order chi connectivity index (χ1) is 7.86. The number of ether oxygens (including phenoxy) is 1. The number of rotatable bonds is 0. The van der Waals surface area contributed by atoms with Gasteiger partial charge in [-0.1, -0.05) is 24.3 Å². The predicted molar refractivity (Wildman–Crippen MR) is 60.3 cm³/mol. The van der Waals surface area contributed by atoms with Gasteiger partial charge in [-0.15, -0.1) is 0 Å². The molecule has 0 fully saturated rings. The molecule has 0 spiro atoms. The highest BCUT2D eigenvalue weighted by molar-refractivity contribution is 5.58. The molecule has 2 aromatic rings. The summed E-state index contributed by atoms with van der Waals surface area (Å²) in [6.07, 6.45) is 6.83. The lowest BCUT2D eigenvalue weighted by molar-refractivity contribution is 0.358. The molecule has 0 saturated carbocycles. The monoisotopic (exact) mass is 217 g/mol. The van der Waals surface area contributed by atoms with Crippen molar-refractivity contribution in [2.24, 2.45) is 0 Å². The largest absolute Gasteiger partial charge is 0.489 e. The Morgan fingerprint density at radius 1 is 1.25 bits per heavy atom. The molecular formula is C12H11NO3. The Kier molecular flexibility index (Phi) is 3.23. The van der Waals surface area contributed by atoms with Crippen LogP contribution in [-0.2, 0) is 0 Å². The standard InChI is InChI=1S/C9H8O.C3H3NO2/c1-2-6-9-8(4-1)5-3-7-10-9;5-3-4-1-2-6-3/h1-6H,7H2;1-2H,(H,4,5). The Hall–Kier alpha value is -2.23. The Bertz CT molecular complexity index is 508. The van der Waals surface area contributed by atoms with Crippen LogP contribution in [0, 0.1) is 0 Å². The molecule has 0 radical (unpaired) electrons. The summed E-state index contributed by atoms with van der Waals surface area (Å²) in [7, 11) is 0. The molecule has 0 bridgehead atoms. The number of oxazole rings is 1. The van der Waals surface area contributed by atoms with Crippen molar-refractivity contribution < 1.29 is 9.15 Å². The van der Waals surface area contributed by atoms with Gasteiger partial charge in [0, 0.05) is 11.8 Å². The maximum Gasteiger partial charge on any atom is 0.416 e. The number of aromatic nitrogens is 1. The molecule has 0 unspecified atom stereocenters. The summed E-state index contributed by atoms with van der Waals surface area (Å²) in [6, 6.07) is 8.03. The maximum atomic E-state index is 9.85. The molecule has 0 saturated heterocycles. The van der Waals surface area contributed by atoms with E-state index < -0.39 is 5.76 Å². The smallest absolute Gasteiger partial charge is 0.416 e. The Labute approximate surface area is 92.2 Å². The molecule has 0 aliphatic carbocycles. The van der Waals surface area contributed by atoms with E-state index in [-0.39, 0.29) is 0 Å². The molecule has 1 aromatic heterocycles. The van der Waals surface area contributed by atoms with Gasteiger partial charge in [0.2, 0.25) is 0 Å². The molecule has 1 aliphatic heterocycles. The van der Waals surface area contributed by atoms with E-state index in [1.807, 2.05) is 30.3 Å². The zero-order valence-corrected chi connectivity index (χ0v) is 8.55. The highest BCUT2D eigenvalue weighted by Crippen LogP contribution is 2.21. The number of aromatic amines is 1. The predicted octanol–water partition coefficient (Wildman–Crippen LogP) is 2.06. The molecule has 4 heteroatoms. The van der Waals surface area contributed by atoms with Crippen molar-refractivity contribution in [1.82, 2.24) is 4.98 Å². The van der Waals surface area contributed by atoms with Crippen molar-refractivity contribution in [3.05, 3.63) is 58.9 Å². The van der Waals surface area contributed by atoms with Gasteiger partial charge >= 0.3 is 5.76 Å². The summed E-state index contributed by atoms with van der Waals surface area (Å²) in [5, 5.41) is 0. The molecule has 2 heterocycles. The van der Waals surface area contributed by atoms with Crippen LogP contribution < -0.4 is 10.5 Å². The van der Waals surface area contributed by atoms with Crippen molar-refractivity contribution in [2.45, 2.75) is 0 Å². The lowest BCUT2D eigenvalue weighted by Gasteiger charge is -2.10. The van der Waals surface area contributed by atoms with Crippen LogP contribution in [0.1, 0.15) is 5.56 Å². The molecule has 1 aliphatic rings. The summed E-state index contributed by atoms with van der Waals surface area (Å²) in [4.78, 5) is 12.1. The topological polar surface area (TPSA) is 55.2 Å². The SMILES string of the molecule is C1=Cc2ccccc2OC1.O=c1[nH]cco1. The Morgan fingerprint density at radius 3 is 2.75 bits per heavy atom. The quantitative estimate of drug-likeness (QED) is 0.734. The molecule has 16 heavy (non-hydrogen) atoms. The van der Waals surface area contributed by atoms with E-state index in [2.05, 4.69) is 15.5 Å². The van der Waals surface area contributed by atoms with E-state index in [0.29, 0.717) is 6.61 Å². The molecule has 4 nitrogen and oxygen atoms in total. The van der Waals surface area contributed by atoms with Gasteiger partial charge in [-0.25, -0.2) is 4.79 Å². The number of hydrogen-bond acceptors (Lipinski definition) is 3. The van der Waals surface area contributed by atoms with Crippen molar-refractivity contribution in [3.63, 3.8) is 0 Å². The van der Waals surface area contributed by atoms with Crippen LogP contribution >= 0.6 is 0 Å². The minimum atomic E-state index is -0.407. The fourth-order valence-corrected chi connectivity index (χ4v) is 1.29. The normalized spacial score (nSPS) is 12.0. The lowest BCUT2D eigenvalue weighted by Crippen LogP contribution is -1.98. The van der Waals surface area contributed by atoms with Crippen LogP contribution in [0.4, 0.5) is 0 Å². The maximum absolute atomic E-state index is 9.85. The molecule has 1 N–H and O–H groups in total. The molecule has 82 valence electrons. The van der Waals surface area contributed by atoms with Gasteiger partial charge in [-0.3, -0.25) is 4.98 Å². The van der Waals surface area contributed by atoms with Crippen LogP contribution in [-0.4, -0.2) is 11.6 Å². The molecule has 0 atom stereocenters. The zero-order chi connectivity index (χ0) is 11.2. The van der Waals surface area contributed by atoms with E-state index in [0.717, 1.165) is 5.75 Å². The third-order valence-electron chi connectivity index (χ3n) is 2.00. The van der Waals surface area contributed by atoms with Crippen molar-refractivity contribution in [2.75, 3.05) is 6.61 Å². The summed E-state index contributed by atoms with van der Waals surface area (Å²) >= 11 is 0. The van der Waals surface area contributed by atoms with Gasteiger partial charge in [0.15, 0.2) is 0 Å². The Morgan fingerprint density at radius 2 is 2.12 bits per heavy atom. The second-order valence-electron chi connectivity index (χ2n) is 3.10. The number of benzene rings is 1. The van der Waals surface area contributed by atoms with Crippen LogP contribution in [0.15, 0.2) is 52.0 Å². The van der Waals surface area contributed by atoms with Crippen LogP contribution in [0.3, 0.4) is 0 Å². The lowest BCUT2D eigenvalue weighted by atomic mass is 10.1. The second kappa shape index (κ2) is 5.02. The molecular weight excluding hydrogens is 206 g/mol. The first-order valence-corrected chi connectivity index (χ1v) is 4.87. The summed E-state index contributed by atoms with van der Waals surface area (Å²) in [5.74, 6) is 0.583. The van der Waals surface area contributed by atoms with E-state index >= 15 is 0 Å². The number of H-pyrrole nitrogens is 1. The van der Waals surface area contributed by atoms with Crippen molar-refractivity contribution >= 4 is 6.08 Å². The van der Waals surface area contributed by atoms with Gasteiger partial charge in [0.25, 0.3) is 0 Å². The first-order valence-electron chi connectivity index (χ1n) is 4.87. The van der Waals surface area contributed by atoms with Crippen LogP contribution in [0.2, 0.25) is 0 Å². The van der Waals surface area contributed by atoms with Gasteiger partial charge in [-0.2, -0.15) is 0 Å². The Balaban J connectivity index is 0.000000138. The fourth-order valence-electron chi connectivity index (χ4n) is 1.29. The van der Waals surface area contributed by atoms with Gasteiger partial charge in [0.1, 0.15) is 18.6 Å². The summed E-state index contributed by atoms with van der Waals surface area (Å²) in [6.45, 7) is 0.705. The average Bonchev–Trinajstić information content (AvgIpc) is 2.81. The second-order valence-corrected chi connectivity index (χ2v) is 3.10. The first kappa shape index (κ1) is 10.3. The third-order valence-corrected chi connectivity index (χ3v) is 2.00. The van der Waals surface area contributed by atoms with Gasteiger partial charge in [-0.05, 0) is 12.1 Å². The van der Waals surface area contributed by atoms with Crippen molar-refractivity contribution in [3.8, 4) is 5.75 Å². The highest BCUT2D eigenvalue weighted by Gasteiger charge is 2.01. The van der Waals surface area contributed by atoms with E-state index in [1.54, 1.807) is 0 Å². The number of para-hydroxylation sites is 1. The number of nitrogens with one attached hydrogen (secondary N) is 1. The summed E-state index contributed by atoms with van der Waals surface area (Å²) < 4.78 is 9.56. The van der Waals surface area contributed by atoms with Gasteiger partial charge < -0.3 is 9.15 Å². The highest BCUT2D eigenvalue weighted by atomic mass is 16.5. The zero-order valence-electron chi connectivity index (χ0n) is 8.55. The van der Waals surface area contributed by atoms with E-state index in [1.165, 1.54) is 18.0 Å². The molecule has 3 rings (SSSR count). The number of hydrogen-bond donors (Lipinski definition) is 1. The summed E-state index contributed by atoms with van der Waals surface area (Å²) in [5.41, 5.74) is 1.17. The van der Waals surface area contributed by atoms with Gasteiger partial charge in [0.05, 0.1) is 0 Å². The molecule has 1 aromatic carbocycles. The fraction of sp³-hybridized carbons (Fsp3) is 0.0833. The minimum absolute atomic E-state index is 0.407. The minimum Gasteiger partial charge on any atom is -0.489 e. The van der Waals surface area contributed by atoms with E-state index in [4.69, 9.17) is 4.74 Å².